The Morgan fingerprint density at radius 3 is 3.09 bits per heavy atom. The lowest BCUT2D eigenvalue weighted by Gasteiger charge is -1.95. The van der Waals surface area contributed by atoms with Crippen molar-refractivity contribution in [1.29, 1.82) is 5.26 Å². The molecule has 3 heteroatoms. The Balaban J connectivity index is 2.07. The third-order valence-corrected chi connectivity index (χ3v) is 1.90. The minimum atomic E-state index is 0.658. The van der Waals surface area contributed by atoms with Crippen molar-refractivity contribution < 1.29 is 0 Å². The van der Waals surface area contributed by atoms with E-state index in [-0.39, 0.29) is 0 Å². The molecule has 1 aromatic rings. The van der Waals surface area contributed by atoms with Gasteiger partial charge in [0.05, 0.1) is 11.8 Å². The predicted molar refractivity (Wildman–Crippen MR) is 39.7 cm³/mol. The number of rotatable bonds is 2. The summed E-state index contributed by atoms with van der Waals surface area (Å²) in [6, 6.07) is 2.06. The zero-order chi connectivity index (χ0) is 7.68. The second-order valence-corrected chi connectivity index (χ2v) is 3.01. The molecule has 0 unspecified atom stereocenters. The lowest BCUT2D eigenvalue weighted by atomic mass is 10.4. The number of hydrogen-bond donors (Lipinski definition) is 0. The van der Waals surface area contributed by atoms with E-state index in [9.17, 15) is 0 Å². The van der Waals surface area contributed by atoms with E-state index in [1.54, 1.807) is 12.4 Å². The van der Waals surface area contributed by atoms with Crippen LogP contribution in [-0.4, -0.2) is 9.78 Å². The molecule has 2 rings (SSSR count). The van der Waals surface area contributed by atoms with E-state index < -0.39 is 0 Å². The number of aromatic nitrogens is 2. The Hall–Kier alpha value is -1.30. The van der Waals surface area contributed by atoms with Crippen molar-refractivity contribution in [1.82, 2.24) is 9.78 Å². The first kappa shape index (κ1) is 6.41. The third-order valence-electron chi connectivity index (χ3n) is 1.90. The molecule has 0 amide bonds. The lowest BCUT2D eigenvalue weighted by Crippen LogP contribution is -1.98. The molecular weight excluding hydrogens is 138 g/mol. The highest BCUT2D eigenvalue weighted by molar-refractivity contribution is 5.21. The first-order valence-electron chi connectivity index (χ1n) is 3.81. The Kier molecular flexibility index (Phi) is 1.39. The van der Waals surface area contributed by atoms with Crippen LogP contribution in [0.4, 0.5) is 0 Å². The molecule has 0 bridgehead atoms. The zero-order valence-electron chi connectivity index (χ0n) is 6.20. The summed E-state index contributed by atoms with van der Waals surface area (Å²) < 4.78 is 1.86. The van der Waals surface area contributed by atoms with Crippen molar-refractivity contribution in [2.24, 2.45) is 5.92 Å². The van der Waals surface area contributed by atoms with Crippen LogP contribution in [0.2, 0.25) is 0 Å². The van der Waals surface area contributed by atoms with Crippen molar-refractivity contribution in [3.63, 3.8) is 0 Å². The Morgan fingerprint density at radius 2 is 2.55 bits per heavy atom. The van der Waals surface area contributed by atoms with Gasteiger partial charge < -0.3 is 0 Å². The first-order chi connectivity index (χ1) is 5.38. The maximum Gasteiger partial charge on any atom is 0.102 e. The van der Waals surface area contributed by atoms with Crippen LogP contribution in [0, 0.1) is 17.2 Å². The van der Waals surface area contributed by atoms with Gasteiger partial charge in [-0.15, -0.1) is 0 Å². The molecule has 1 saturated carbocycles. The maximum absolute atomic E-state index is 8.50. The largest absolute Gasteiger partial charge is 0.271 e. The van der Waals surface area contributed by atoms with Crippen LogP contribution in [-0.2, 0) is 6.54 Å². The molecule has 0 N–H and O–H groups in total. The minimum Gasteiger partial charge on any atom is -0.271 e. The molecule has 3 nitrogen and oxygen atoms in total. The van der Waals surface area contributed by atoms with E-state index in [2.05, 4.69) is 11.2 Å². The standard InChI is InChI=1S/C8H9N3/c9-3-8-4-10-11(6-8)5-7-1-2-7/h4,6-7H,1-2,5H2. The normalized spacial score (nSPS) is 16.3. The summed E-state index contributed by atoms with van der Waals surface area (Å²) in [5.74, 6) is 0.821. The first-order valence-corrected chi connectivity index (χ1v) is 3.81. The Bertz CT molecular complexity index is 291. The van der Waals surface area contributed by atoms with Crippen molar-refractivity contribution >= 4 is 0 Å². The molecule has 1 aliphatic rings. The summed E-state index contributed by atoms with van der Waals surface area (Å²) >= 11 is 0. The molecule has 11 heavy (non-hydrogen) atoms. The number of nitriles is 1. The van der Waals surface area contributed by atoms with Crippen molar-refractivity contribution in [3.05, 3.63) is 18.0 Å². The Labute approximate surface area is 65.3 Å². The average molecular weight is 147 g/mol. The predicted octanol–water partition coefficient (Wildman–Crippen LogP) is 1.16. The molecule has 1 fully saturated rings. The second-order valence-electron chi connectivity index (χ2n) is 3.01. The van der Waals surface area contributed by atoms with Crippen molar-refractivity contribution in [2.75, 3.05) is 0 Å². The zero-order valence-corrected chi connectivity index (χ0v) is 6.20. The molecule has 0 atom stereocenters. The summed E-state index contributed by atoms with van der Waals surface area (Å²) in [6.45, 7) is 0.988. The molecule has 1 aromatic heterocycles. The summed E-state index contributed by atoms with van der Waals surface area (Å²) in [6.07, 6.45) is 6.06. The van der Waals surface area contributed by atoms with Crippen LogP contribution in [0.1, 0.15) is 18.4 Å². The molecular formula is C8H9N3. The fourth-order valence-electron chi connectivity index (χ4n) is 1.09. The minimum absolute atomic E-state index is 0.658. The second kappa shape index (κ2) is 2.39. The molecule has 0 aliphatic heterocycles. The summed E-state index contributed by atoms with van der Waals surface area (Å²) in [4.78, 5) is 0. The van der Waals surface area contributed by atoms with E-state index in [0.717, 1.165) is 12.5 Å². The smallest absolute Gasteiger partial charge is 0.102 e. The highest BCUT2D eigenvalue weighted by Gasteiger charge is 2.21. The van der Waals surface area contributed by atoms with Gasteiger partial charge in [-0.3, -0.25) is 4.68 Å². The van der Waals surface area contributed by atoms with Gasteiger partial charge in [0.15, 0.2) is 0 Å². The van der Waals surface area contributed by atoms with Gasteiger partial charge in [-0.2, -0.15) is 10.4 Å². The molecule has 1 aliphatic carbocycles. The topological polar surface area (TPSA) is 41.6 Å². The fourth-order valence-corrected chi connectivity index (χ4v) is 1.09. The summed E-state index contributed by atoms with van der Waals surface area (Å²) in [7, 11) is 0. The van der Waals surface area contributed by atoms with Gasteiger partial charge in [0.2, 0.25) is 0 Å². The van der Waals surface area contributed by atoms with Gasteiger partial charge in [-0.05, 0) is 18.8 Å². The van der Waals surface area contributed by atoms with Crippen molar-refractivity contribution in [2.45, 2.75) is 19.4 Å². The third kappa shape index (κ3) is 1.40. The van der Waals surface area contributed by atoms with Gasteiger partial charge in [-0.1, -0.05) is 0 Å². The van der Waals surface area contributed by atoms with Crippen LogP contribution in [0.25, 0.3) is 0 Å². The van der Waals surface area contributed by atoms with Crippen LogP contribution in [0.3, 0.4) is 0 Å². The molecule has 0 spiro atoms. The van der Waals surface area contributed by atoms with E-state index in [4.69, 9.17) is 5.26 Å². The fraction of sp³-hybridized carbons (Fsp3) is 0.500. The van der Waals surface area contributed by atoms with Crippen LogP contribution >= 0.6 is 0 Å². The van der Waals surface area contributed by atoms with Gasteiger partial charge in [0.1, 0.15) is 6.07 Å². The van der Waals surface area contributed by atoms with Crippen LogP contribution in [0.5, 0.6) is 0 Å². The van der Waals surface area contributed by atoms with Gasteiger partial charge in [-0.25, -0.2) is 0 Å². The quantitative estimate of drug-likeness (QED) is 0.630. The average Bonchev–Trinajstić information content (AvgIpc) is 2.68. The highest BCUT2D eigenvalue weighted by atomic mass is 15.3. The lowest BCUT2D eigenvalue weighted by molar-refractivity contribution is 0.563. The Morgan fingerprint density at radius 1 is 1.73 bits per heavy atom. The monoisotopic (exact) mass is 147 g/mol. The van der Waals surface area contributed by atoms with Crippen LogP contribution < -0.4 is 0 Å². The molecule has 56 valence electrons. The van der Waals surface area contributed by atoms with Crippen LogP contribution in [0.15, 0.2) is 12.4 Å². The number of nitrogens with zero attached hydrogens (tertiary/aromatic N) is 3. The molecule has 0 aromatic carbocycles. The van der Waals surface area contributed by atoms with E-state index in [0.29, 0.717) is 5.56 Å². The van der Waals surface area contributed by atoms with Gasteiger partial charge in [0, 0.05) is 12.7 Å². The van der Waals surface area contributed by atoms with E-state index >= 15 is 0 Å². The van der Waals surface area contributed by atoms with Gasteiger partial charge >= 0.3 is 0 Å². The SMILES string of the molecule is N#Cc1cnn(CC2CC2)c1. The molecule has 0 saturated heterocycles. The highest BCUT2D eigenvalue weighted by Crippen LogP contribution is 2.30. The molecule has 1 heterocycles. The van der Waals surface area contributed by atoms with Crippen molar-refractivity contribution in [3.8, 4) is 6.07 Å². The molecule has 0 radical (unpaired) electrons. The summed E-state index contributed by atoms with van der Waals surface area (Å²) in [5.41, 5.74) is 0.658. The van der Waals surface area contributed by atoms with Gasteiger partial charge in [0.25, 0.3) is 0 Å². The maximum atomic E-state index is 8.50. The summed E-state index contributed by atoms with van der Waals surface area (Å²) in [5, 5.41) is 12.6. The van der Waals surface area contributed by atoms with E-state index in [1.807, 2.05) is 4.68 Å². The number of hydrogen-bond acceptors (Lipinski definition) is 2. The van der Waals surface area contributed by atoms with E-state index in [1.165, 1.54) is 12.8 Å².